The van der Waals surface area contributed by atoms with E-state index in [-0.39, 0.29) is 0 Å². The van der Waals surface area contributed by atoms with Crippen LogP contribution in [-0.4, -0.2) is 19.1 Å². The second-order valence-corrected chi connectivity index (χ2v) is 13.0. The Labute approximate surface area is 299 Å². The summed E-state index contributed by atoms with van der Waals surface area (Å²) in [5.74, 6) is 0. The average molecular weight is 664 g/mol. The molecule has 10 aromatic rings. The number of fused-ring (bicyclic) bond motifs is 7. The quantitative estimate of drug-likeness (QED) is 0.184. The number of pyridine rings is 2. The molecule has 0 aliphatic heterocycles. The van der Waals surface area contributed by atoms with E-state index in [0.717, 1.165) is 78.0 Å². The zero-order valence-corrected chi connectivity index (χ0v) is 28.0. The third-order valence-corrected chi connectivity index (χ3v) is 9.98. The number of aromatic nitrogens is 4. The molecule has 0 spiro atoms. The molecule has 0 aliphatic rings. The molecule has 0 saturated heterocycles. The van der Waals surface area contributed by atoms with Crippen LogP contribution in [0.4, 0.5) is 0 Å². The Balaban J connectivity index is 1.24. The molecule has 4 heterocycles. The Morgan fingerprint density at radius 1 is 0.462 bits per heavy atom. The first-order chi connectivity index (χ1) is 25.7. The molecule has 0 amide bonds. The number of nitriles is 1. The minimum Gasteiger partial charge on any atom is -0.309 e. The predicted molar refractivity (Wildman–Crippen MR) is 212 cm³/mol. The monoisotopic (exact) mass is 663 g/mol. The molecule has 6 aromatic carbocycles. The van der Waals surface area contributed by atoms with E-state index < -0.39 is 0 Å². The van der Waals surface area contributed by atoms with Gasteiger partial charge < -0.3 is 4.57 Å². The van der Waals surface area contributed by atoms with Gasteiger partial charge in [0.05, 0.1) is 39.6 Å². The van der Waals surface area contributed by atoms with Crippen LogP contribution in [0.3, 0.4) is 0 Å². The third kappa shape index (κ3) is 4.70. The minimum absolute atomic E-state index is 0.622. The maximum atomic E-state index is 9.41. The lowest BCUT2D eigenvalue weighted by Gasteiger charge is -2.13. The van der Waals surface area contributed by atoms with Gasteiger partial charge in [-0.1, -0.05) is 97.1 Å². The van der Waals surface area contributed by atoms with Gasteiger partial charge in [-0.2, -0.15) is 5.26 Å². The van der Waals surface area contributed by atoms with Gasteiger partial charge in [0.15, 0.2) is 0 Å². The molecular weight excluding hydrogens is 635 g/mol. The first kappa shape index (κ1) is 29.6. The summed E-state index contributed by atoms with van der Waals surface area (Å²) in [6, 6.07) is 61.1. The van der Waals surface area contributed by atoms with Crippen LogP contribution in [0.1, 0.15) is 5.56 Å². The predicted octanol–water partition coefficient (Wildman–Crippen LogP) is 11.5. The van der Waals surface area contributed by atoms with Crippen molar-refractivity contribution in [3.63, 3.8) is 0 Å². The van der Waals surface area contributed by atoms with Gasteiger partial charge in [-0.25, -0.2) is 9.97 Å². The molecule has 0 N–H and O–H groups in total. The molecule has 0 fully saturated rings. The smallest absolute Gasteiger partial charge is 0.145 e. The molecule has 5 heteroatoms. The Bertz CT molecular complexity index is 3000. The molecule has 0 radical (unpaired) electrons. The lowest BCUT2D eigenvalue weighted by Crippen LogP contribution is -1.97. The van der Waals surface area contributed by atoms with Crippen LogP contribution in [0.25, 0.3) is 88.8 Å². The lowest BCUT2D eigenvalue weighted by atomic mass is 9.99. The van der Waals surface area contributed by atoms with Gasteiger partial charge in [0.1, 0.15) is 5.65 Å². The summed E-state index contributed by atoms with van der Waals surface area (Å²) >= 11 is 0. The van der Waals surface area contributed by atoms with E-state index in [0.29, 0.717) is 5.56 Å². The number of benzene rings is 6. The summed E-state index contributed by atoms with van der Waals surface area (Å²) in [4.78, 5) is 10.2. The maximum Gasteiger partial charge on any atom is 0.145 e. The zero-order valence-electron chi connectivity index (χ0n) is 28.0. The van der Waals surface area contributed by atoms with E-state index in [2.05, 4.69) is 149 Å². The van der Waals surface area contributed by atoms with Crippen molar-refractivity contribution in [2.45, 2.75) is 0 Å². The fraction of sp³-hybridized carbons (Fsp3) is 0. The summed E-state index contributed by atoms with van der Waals surface area (Å²) in [6.45, 7) is 0. The van der Waals surface area contributed by atoms with Gasteiger partial charge in [-0.15, -0.1) is 0 Å². The minimum atomic E-state index is 0.622. The second-order valence-electron chi connectivity index (χ2n) is 13.0. The Kier molecular flexibility index (Phi) is 6.80. The SMILES string of the molecule is N#Cc1ccc(-c2cc(-c3ccccc3)cc(-c3cccc(-n4c5ncccc5c5ccc6c(c7ccccc7n6-c6ccccc6)c54)c3)n2)cc1. The number of hydrogen-bond acceptors (Lipinski definition) is 3. The van der Waals surface area contributed by atoms with Crippen LogP contribution in [0.5, 0.6) is 0 Å². The highest BCUT2D eigenvalue weighted by molar-refractivity contribution is 6.25. The zero-order chi connectivity index (χ0) is 34.6. The van der Waals surface area contributed by atoms with Crippen molar-refractivity contribution >= 4 is 43.7 Å². The van der Waals surface area contributed by atoms with Crippen molar-refractivity contribution in [1.82, 2.24) is 19.1 Å². The lowest BCUT2D eigenvalue weighted by molar-refractivity contribution is 1.14. The van der Waals surface area contributed by atoms with Gasteiger partial charge in [0.2, 0.25) is 0 Å². The largest absolute Gasteiger partial charge is 0.309 e. The molecular formula is C47H29N5. The topological polar surface area (TPSA) is 59.4 Å². The van der Waals surface area contributed by atoms with Crippen molar-refractivity contribution in [3.8, 4) is 51.1 Å². The molecule has 4 aromatic heterocycles. The summed E-state index contributed by atoms with van der Waals surface area (Å²) < 4.78 is 4.68. The highest BCUT2D eigenvalue weighted by Crippen LogP contribution is 2.42. The van der Waals surface area contributed by atoms with Crippen molar-refractivity contribution in [1.29, 1.82) is 5.26 Å². The third-order valence-electron chi connectivity index (χ3n) is 9.98. The number of nitrogens with zero attached hydrogens (tertiary/aromatic N) is 5. The first-order valence-electron chi connectivity index (χ1n) is 17.3. The van der Waals surface area contributed by atoms with Crippen LogP contribution in [-0.2, 0) is 0 Å². The van der Waals surface area contributed by atoms with E-state index in [9.17, 15) is 5.26 Å². The van der Waals surface area contributed by atoms with E-state index >= 15 is 0 Å². The molecule has 0 saturated carbocycles. The maximum absolute atomic E-state index is 9.41. The van der Waals surface area contributed by atoms with Crippen molar-refractivity contribution in [3.05, 3.63) is 182 Å². The van der Waals surface area contributed by atoms with E-state index in [4.69, 9.17) is 9.97 Å². The normalized spacial score (nSPS) is 11.4. The Morgan fingerprint density at radius 2 is 1.15 bits per heavy atom. The number of para-hydroxylation sites is 2. The molecule has 0 aliphatic carbocycles. The Morgan fingerprint density at radius 3 is 1.96 bits per heavy atom. The second kappa shape index (κ2) is 11.9. The van der Waals surface area contributed by atoms with Crippen molar-refractivity contribution < 1.29 is 0 Å². The van der Waals surface area contributed by atoms with Gasteiger partial charge in [-0.05, 0) is 83.9 Å². The van der Waals surface area contributed by atoms with Crippen molar-refractivity contribution in [2.24, 2.45) is 0 Å². The molecule has 0 unspecified atom stereocenters. The van der Waals surface area contributed by atoms with Gasteiger partial charge >= 0.3 is 0 Å². The summed E-state index contributed by atoms with van der Waals surface area (Å²) in [7, 11) is 0. The van der Waals surface area contributed by atoms with Gasteiger partial charge in [0.25, 0.3) is 0 Å². The number of hydrogen-bond donors (Lipinski definition) is 0. The van der Waals surface area contributed by atoms with Crippen molar-refractivity contribution in [2.75, 3.05) is 0 Å². The fourth-order valence-electron chi connectivity index (χ4n) is 7.63. The average Bonchev–Trinajstić information content (AvgIpc) is 3.74. The Hall–Kier alpha value is -7.29. The van der Waals surface area contributed by atoms with Crippen LogP contribution in [0.15, 0.2) is 176 Å². The van der Waals surface area contributed by atoms with Crippen LogP contribution < -0.4 is 0 Å². The standard InChI is InChI=1S/C47H29N5/c48-30-31-20-22-33(23-21-31)41-28-35(32-11-3-1-4-12-32)29-42(50-41)34-13-9-16-37(27-34)52-46-38(39-18-10-26-49-47(39)52)24-25-44-45(46)40-17-7-8-19-43(40)51(44)36-14-5-2-6-15-36/h1-29H. The molecule has 0 bridgehead atoms. The van der Waals surface area contributed by atoms with Crippen LogP contribution in [0.2, 0.25) is 0 Å². The molecule has 5 nitrogen and oxygen atoms in total. The summed E-state index contributed by atoms with van der Waals surface area (Å²) in [5.41, 5.74) is 12.9. The molecule has 242 valence electrons. The molecule has 0 atom stereocenters. The summed E-state index contributed by atoms with van der Waals surface area (Å²) in [6.07, 6.45) is 1.88. The first-order valence-corrected chi connectivity index (χ1v) is 17.3. The molecule has 52 heavy (non-hydrogen) atoms. The summed E-state index contributed by atoms with van der Waals surface area (Å²) in [5, 5.41) is 14.1. The van der Waals surface area contributed by atoms with Gasteiger partial charge in [-0.3, -0.25) is 4.57 Å². The number of rotatable bonds is 5. The highest BCUT2D eigenvalue weighted by Gasteiger charge is 2.21. The van der Waals surface area contributed by atoms with E-state index in [1.165, 1.54) is 10.8 Å². The van der Waals surface area contributed by atoms with Crippen LogP contribution >= 0.6 is 0 Å². The van der Waals surface area contributed by atoms with E-state index in [1.54, 1.807) is 0 Å². The highest BCUT2D eigenvalue weighted by atomic mass is 15.1. The van der Waals surface area contributed by atoms with Crippen LogP contribution in [0, 0.1) is 11.3 Å². The molecule has 10 rings (SSSR count). The van der Waals surface area contributed by atoms with E-state index in [1.807, 2.05) is 42.6 Å². The van der Waals surface area contributed by atoms with Gasteiger partial charge in [0, 0.05) is 50.2 Å². The fourth-order valence-corrected chi connectivity index (χ4v) is 7.63.